The number of carbonyl (C=O) groups excluding carboxylic acids is 2. The molecule has 3 amide bonds. The first-order valence-corrected chi connectivity index (χ1v) is 8.87. The van der Waals surface area contributed by atoms with E-state index in [4.69, 9.17) is 4.42 Å². The third-order valence-electron chi connectivity index (χ3n) is 5.20. The van der Waals surface area contributed by atoms with Gasteiger partial charge < -0.3 is 19.5 Å². The van der Waals surface area contributed by atoms with Crippen LogP contribution in [-0.4, -0.2) is 54.0 Å². The van der Waals surface area contributed by atoms with Crippen molar-refractivity contribution in [3.05, 3.63) is 24.2 Å². The third kappa shape index (κ3) is 3.57. The molecule has 0 saturated carbocycles. The van der Waals surface area contributed by atoms with Crippen LogP contribution in [0.4, 0.5) is 4.79 Å². The summed E-state index contributed by atoms with van der Waals surface area (Å²) < 4.78 is 5.22. The van der Waals surface area contributed by atoms with Crippen LogP contribution >= 0.6 is 0 Å². The zero-order valence-electron chi connectivity index (χ0n) is 14.6. The minimum Gasteiger partial charge on any atom is -0.459 e. The maximum atomic E-state index is 12.4. The van der Waals surface area contributed by atoms with Gasteiger partial charge in [0.15, 0.2) is 5.76 Å². The average Bonchev–Trinajstić information content (AvgIpc) is 3.09. The molecule has 0 radical (unpaired) electrons. The van der Waals surface area contributed by atoms with Gasteiger partial charge in [0.05, 0.1) is 6.26 Å². The molecule has 0 bridgehead atoms. The summed E-state index contributed by atoms with van der Waals surface area (Å²) in [5.74, 6) is 0.382. The second kappa shape index (κ2) is 6.87. The zero-order valence-corrected chi connectivity index (χ0v) is 14.6. The van der Waals surface area contributed by atoms with Gasteiger partial charge in [0.2, 0.25) is 0 Å². The van der Waals surface area contributed by atoms with E-state index in [0.29, 0.717) is 5.76 Å². The molecule has 1 aromatic rings. The third-order valence-corrected chi connectivity index (χ3v) is 5.20. The highest BCUT2D eigenvalue weighted by Gasteiger charge is 2.40. The minimum absolute atomic E-state index is 0.0277. The highest BCUT2D eigenvalue weighted by molar-refractivity contribution is 5.91. The van der Waals surface area contributed by atoms with Crippen molar-refractivity contribution in [1.29, 1.82) is 0 Å². The molecule has 1 aromatic heterocycles. The summed E-state index contributed by atoms with van der Waals surface area (Å²) in [7, 11) is 0. The van der Waals surface area contributed by atoms with E-state index in [1.165, 1.54) is 6.26 Å². The molecule has 2 saturated heterocycles. The molecule has 132 valence electrons. The fourth-order valence-corrected chi connectivity index (χ4v) is 3.87. The quantitative estimate of drug-likeness (QED) is 0.905. The van der Waals surface area contributed by atoms with Crippen LogP contribution in [0.15, 0.2) is 22.8 Å². The minimum atomic E-state index is -0.0277. The lowest BCUT2D eigenvalue weighted by Crippen LogP contribution is -2.54. The van der Waals surface area contributed by atoms with Gasteiger partial charge in [0, 0.05) is 32.2 Å². The maximum absolute atomic E-state index is 12.4. The van der Waals surface area contributed by atoms with E-state index < -0.39 is 0 Å². The largest absolute Gasteiger partial charge is 0.459 e. The summed E-state index contributed by atoms with van der Waals surface area (Å²) in [6, 6.07) is 3.65. The maximum Gasteiger partial charge on any atom is 0.317 e. The standard InChI is InChI=1S/C18H27N3O3/c1-14(2)19-17(23)21-9-4-6-18(13-21)7-10-20(11-8-18)16(22)15-5-3-12-24-15/h3,5,12,14H,4,6-11,13H2,1-2H3,(H,19,23). The smallest absolute Gasteiger partial charge is 0.317 e. The van der Waals surface area contributed by atoms with Crippen molar-refractivity contribution in [2.45, 2.75) is 45.6 Å². The Balaban J connectivity index is 1.58. The first-order chi connectivity index (χ1) is 11.5. The molecule has 2 aliphatic rings. The Kier molecular flexibility index (Phi) is 4.83. The summed E-state index contributed by atoms with van der Waals surface area (Å²) in [6.07, 6.45) is 5.61. The lowest BCUT2D eigenvalue weighted by atomic mass is 9.72. The predicted molar refractivity (Wildman–Crippen MR) is 90.8 cm³/mol. The topological polar surface area (TPSA) is 65.8 Å². The van der Waals surface area contributed by atoms with Crippen LogP contribution in [0.25, 0.3) is 0 Å². The Morgan fingerprint density at radius 3 is 2.54 bits per heavy atom. The molecule has 0 aliphatic carbocycles. The van der Waals surface area contributed by atoms with Crippen LogP contribution in [0, 0.1) is 5.41 Å². The van der Waals surface area contributed by atoms with Crippen molar-refractivity contribution in [2.24, 2.45) is 5.41 Å². The normalized spacial score (nSPS) is 20.5. The summed E-state index contributed by atoms with van der Waals surface area (Å²) >= 11 is 0. The Hall–Kier alpha value is -1.98. The second-order valence-electron chi connectivity index (χ2n) is 7.40. The molecule has 2 aliphatic heterocycles. The molecule has 0 unspecified atom stereocenters. The van der Waals surface area contributed by atoms with E-state index in [1.807, 2.05) is 23.6 Å². The zero-order chi connectivity index (χ0) is 17.2. The number of hydrogen-bond acceptors (Lipinski definition) is 3. The number of nitrogens with zero attached hydrogens (tertiary/aromatic N) is 2. The lowest BCUT2D eigenvalue weighted by Gasteiger charge is -2.47. The molecule has 6 nitrogen and oxygen atoms in total. The molecular weight excluding hydrogens is 306 g/mol. The Morgan fingerprint density at radius 1 is 1.17 bits per heavy atom. The van der Waals surface area contributed by atoms with E-state index in [2.05, 4.69) is 5.32 Å². The lowest BCUT2D eigenvalue weighted by molar-refractivity contribution is 0.0300. The SMILES string of the molecule is CC(C)NC(=O)N1CCCC2(CCN(C(=O)c3ccco3)CC2)C1. The van der Waals surface area contributed by atoms with Gasteiger partial charge in [0.1, 0.15) is 0 Å². The molecule has 2 fully saturated rings. The van der Waals surface area contributed by atoms with Crippen molar-refractivity contribution in [3.63, 3.8) is 0 Å². The highest BCUT2D eigenvalue weighted by Crippen LogP contribution is 2.40. The number of nitrogens with one attached hydrogen (secondary N) is 1. The first-order valence-electron chi connectivity index (χ1n) is 8.87. The number of urea groups is 1. The van der Waals surface area contributed by atoms with Gasteiger partial charge in [-0.3, -0.25) is 4.79 Å². The van der Waals surface area contributed by atoms with Gasteiger partial charge in [-0.05, 0) is 57.1 Å². The number of likely N-dealkylation sites (tertiary alicyclic amines) is 2. The molecule has 1 N–H and O–H groups in total. The fourth-order valence-electron chi connectivity index (χ4n) is 3.87. The number of furan rings is 1. The van der Waals surface area contributed by atoms with E-state index >= 15 is 0 Å². The van der Waals surface area contributed by atoms with Crippen LogP contribution in [0.1, 0.15) is 50.1 Å². The van der Waals surface area contributed by atoms with E-state index in [0.717, 1.165) is 51.9 Å². The summed E-state index contributed by atoms with van der Waals surface area (Å²) in [5, 5.41) is 2.99. The summed E-state index contributed by atoms with van der Waals surface area (Å²) in [6.45, 7) is 7.06. The number of hydrogen-bond donors (Lipinski definition) is 1. The van der Waals surface area contributed by atoms with Gasteiger partial charge in [-0.15, -0.1) is 0 Å². The number of rotatable bonds is 2. The van der Waals surface area contributed by atoms with E-state index in [-0.39, 0.29) is 23.4 Å². The van der Waals surface area contributed by atoms with Gasteiger partial charge in [0.25, 0.3) is 5.91 Å². The second-order valence-corrected chi connectivity index (χ2v) is 7.40. The van der Waals surface area contributed by atoms with Crippen LogP contribution in [0.2, 0.25) is 0 Å². The van der Waals surface area contributed by atoms with Crippen molar-refractivity contribution >= 4 is 11.9 Å². The number of carbonyl (C=O) groups is 2. The highest BCUT2D eigenvalue weighted by atomic mass is 16.3. The Labute approximate surface area is 143 Å². The van der Waals surface area contributed by atoms with Crippen LogP contribution < -0.4 is 5.32 Å². The Bertz CT molecular complexity index is 574. The molecule has 3 heterocycles. The van der Waals surface area contributed by atoms with Gasteiger partial charge in [-0.1, -0.05) is 0 Å². The fraction of sp³-hybridized carbons (Fsp3) is 0.667. The molecule has 6 heteroatoms. The van der Waals surface area contributed by atoms with Crippen LogP contribution in [0.5, 0.6) is 0 Å². The van der Waals surface area contributed by atoms with Gasteiger partial charge in [-0.25, -0.2) is 4.79 Å². The number of piperidine rings is 2. The monoisotopic (exact) mass is 333 g/mol. The summed E-state index contributed by atoms with van der Waals surface area (Å²) in [5.41, 5.74) is 0.159. The summed E-state index contributed by atoms with van der Waals surface area (Å²) in [4.78, 5) is 28.5. The van der Waals surface area contributed by atoms with Crippen LogP contribution in [-0.2, 0) is 0 Å². The van der Waals surface area contributed by atoms with Gasteiger partial charge >= 0.3 is 6.03 Å². The molecule has 0 atom stereocenters. The van der Waals surface area contributed by atoms with Crippen molar-refractivity contribution in [3.8, 4) is 0 Å². The molecular formula is C18H27N3O3. The molecule has 24 heavy (non-hydrogen) atoms. The van der Waals surface area contributed by atoms with Crippen LogP contribution in [0.3, 0.4) is 0 Å². The van der Waals surface area contributed by atoms with Gasteiger partial charge in [-0.2, -0.15) is 0 Å². The van der Waals surface area contributed by atoms with Crippen molar-refractivity contribution in [1.82, 2.24) is 15.1 Å². The predicted octanol–water partition coefficient (Wildman–Crippen LogP) is 2.72. The Morgan fingerprint density at radius 2 is 1.92 bits per heavy atom. The molecule has 3 rings (SSSR count). The van der Waals surface area contributed by atoms with E-state index in [1.54, 1.807) is 12.1 Å². The van der Waals surface area contributed by atoms with E-state index in [9.17, 15) is 9.59 Å². The first kappa shape index (κ1) is 16.9. The number of amides is 3. The van der Waals surface area contributed by atoms with Crippen molar-refractivity contribution in [2.75, 3.05) is 26.2 Å². The molecule has 1 spiro atoms. The average molecular weight is 333 g/mol. The molecule has 0 aromatic carbocycles. The van der Waals surface area contributed by atoms with Crippen molar-refractivity contribution < 1.29 is 14.0 Å².